The minimum atomic E-state index is 0.750. The van der Waals surface area contributed by atoms with E-state index >= 15 is 0 Å². The summed E-state index contributed by atoms with van der Waals surface area (Å²) in [5.41, 5.74) is 4.21. The molecule has 6 rings (SSSR count). The van der Waals surface area contributed by atoms with Gasteiger partial charge < -0.3 is 0 Å². The van der Waals surface area contributed by atoms with Crippen LogP contribution in [-0.4, -0.2) is 0 Å². The first-order valence-corrected chi connectivity index (χ1v) is 7.99. The molecule has 2 aromatic rings. The molecule has 2 aromatic carbocycles. The molecule has 4 bridgehead atoms. The number of hydrogen-bond donors (Lipinski definition) is 0. The second-order valence-electron chi connectivity index (χ2n) is 5.08. The van der Waals surface area contributed by atoms with Crippen molar-refractivity contribution in [1.29, 1.82) is 0 Å². The molecule has 0 N–H and O–H groups in total. The number of halogens is 4. The fraction of sp³-hybridized carbons (Fsp3) is 0.250. The van der Waals surface area contributed by atoms with Crippen LogP contribution in [0.2, 0.25) is 20.1 Å². The van der Waals surface area contributed by atoms with E-state index < -0.39 is 0 Å². The third kappa shape index (κ3) is 2.80. The van der Waals surface area contributed by atoms with Gasteiger partial charge in [0.2, 0.25) is 0 Å². The Hall–Kier alpha value is -0.400. The third-order valence-corrected chi connectivity index (χ3v) is 5.08. The van der Waals surface area contributed by atoms with Crippen molar-refractivity contribution in [2.24, 2.45) is 0 Å². The largest absolute Gasteiger partial charge is 0.0840 e. The fourth-order valence-corrected chi connectivity index (χ4v) is 4.06. The van der Waals surface area contributed by atoms with E-state index in [1.54, 1.807) is 0 Å². The molecule has 0 unspecified atom stereocenters. The molecule has 0 spiro atoms. The lowest BCUT2D eigenvalue weighted by Crippen LogP contribution is -2.01. The monoisotopic (exact) mass is 344 g/mol. The number of rotatable bonds is 0. The number of hydrogen-bond acceptors (Lipinski definition) is 0. The molecule has 0 aromatic heterocycles. The van der Waals surface area contributed by atoms with E-state index in [-0.39, 0.29) is 0 Å². The standard InChI is InChI=1S/C16H12Cl4/c17-13-5-9-1-3-11-15(19)7-10(8-16(11)20)2-4-12(13)14(18)6-9/h5-8H,1-4H2. The SMILES string of the molecule is Clc1cc2cc(Cl)c1CCc1cc(Cl)c(c(Cl)c1)CC2. The van der Waals surface area contributed by atoms with Crippen LogP contribution in [0.4, 0.5) is 0 Å². The van der Waals surface area contributed by atoms with Crippen LogP contribution in [0.25, 0.3) is 0 Å². The molecule has 104 valence electrons. The first kappa shape index (κ1) is 14.5. The highest BCUT2D eigenvalue weighted by Gasteiger charge is 2.14. The van der Waals surface area contributed by atoms with E-state index in [0.29, 0.717) is 0 Å². The Morgan fingerprint density at radius 2 is 0.800 bits per heavy atom. The summed E-state index contributed by atoms with van der Waals surface area (Å²) in [4.78, 5) is 0. The van der Waals surface area contributed by atoms with E-state index in [9.17, 15) is 0 Å². The Labute approximate surface area is 138 Å². The van der Waals surface area contributed by atoms with E-state index in [0.717, 1.165) is 68.0 Å². The lowest BCUT2D eigenvalue weighted by molar-refractivity contribution is 0.922. The van der Waals surface area contributed by atoms with Gasteiger partial charge in [-0.15, -0.1) is 0 Å². The lowest BCUT2D eigenvalue weighted by Gasteiger charge is -2.15. The highest BCUT2D eigenvalue weighted by Crippen LogP contribution is 2.33. The minimum absolute atomic E-state index is 0.750. The van der Waals surface area contributed by atoms with Crippen LogP contribution in [0, 0.1) is 0 Å². The van der Waals surface area contributed by atoms with Gasteiger partial charge in [0, 0.05) is 20.1 Å². The van der Waals surface area contributed by atoms with Crippen molar-refractivity contribution in [3.8, 4) is 0 Å². The van der Waals surface area contributed by atoms with Gasteiger partial charge >= 0.3 is 0 Å². The zero-order valence-corrected chi connectivity index (χ0v) is 13.7. The van der Waals surface area contributed by atoms with Crippen molar-refractivity contribution < 1.29 is 0 Å². The minimum Gasteiger partial charge on any atom is -0.0840 e. The molecule has 4 heteroatoms. The first-order valence-electron chi connectivity index (χ1n) is 6.48. The van der Waals surface area contributed by atoms with Crippen molar-refractivity contribution in [1.82, 2.24) is 0 Å². The lowest BCUT2D eigenvalue weighted by atomic mass is 9.96. The van der Waals surface area contributed by atoms with Gasteiger partial charge in [0.15, 0.2) is 0 Å². The topological polar surface area (TPSA) is 0 Å². The summed E-state index contributed by atoms with van der Waals surface area (Å²) < 4.78 is 0. The number of benzene rings is 2. The van der Waals surface area contributed by atoms with Crippen molar-refractivity contribution >= 4 is 46.4 Å². The summed E-state index contributed by atoms with van der Waals surface area (Å²) in [5.74, 6) is 0. The van der Waals surface area contributed by atoms with Gasteiger partial charge in [0.05, 0.1) is 0 Å². The molecule has 0 fully saturated rings. The molecule has 0 radical (unpaired) electrons. The van der Waals surface area contributed by atoms with Gasteiger partial charge in [-0.05, 0) is 72.2 Å². The molecule has 4 aliphatic carbocycles. The average molecular weight is 346 g/mol. The number of aryl methyl sites for hydroxylation is 2. The van der Waals surface area contributed by atoms with Crippen LogP contribution >= 0.6 is 46.4 Å². The van der Waals surface area contributed by atoms with Gasteiger partial charge in [0.25, 0.3) is 0 Å². The smallest absolute Gasteiger partial charge is 0.0455 e. The van der Waals surface area contributed by atoms with Gasteiger partial charge in [0.1, 0.15) is 0 Å². The van der Waals surface area contributed by atoms with Crippen LogP contribution in [0.1, 0.15) is 22.3 Å². The Bertz CT molecular complexity index is 571. The van der Waals surface area contributed by atoms with Gasteiger partial charge in [-0.1, -0.05) is 46.4 Å². The maximum absolute atomic E-state index is 6.34. The predicted molar refractivity (Wildman–Crippen MR) is 87.7 cm³/mol. The Morgan fingerprint density at radius 3 is 1.10 bits per heavy atom. The zero-order valence-electron chi connectivity index (χ0n) is 10.6. The predicted octanol–water partition coefficient (Wildman–Crippen LogP) is 6.18. The quantitative estimate of drug-likeness (QED) is 0.534. The molecule has 0 atom stereocenters. The van der Waals surface area contributed by atoms with Crippen LogP contribution in [-0.2, 0) is 25.7 Å². The Balaban J connectivity index is 2.11. The maximum atomic E-state index is 6.34. The second-order valence-corrected chi connectivity index (χ2v) is 6.70. The maximum Gasteiger partial charge on any atom is 0.0455 e. The van der Waals surface area contributed by atoms with Crippen molar-refractivity contribution in [2.75, 3.05) is 0 Å². The van der Waals surface area contributed by atoms with Gasteiger partial charge in [-0.2, -0.15) is 0 Å². The molecule has 0 aliphatic heterocycles. The van der Waals surface area contributed by atoms with Crippen molar-refractivity contribution in [3.05, 3.63) is 66.6 Å². The van der Waals surface area contributed by atoms with Crippen LogP contribution in [0.15, 0.2) is 24.3 Å². The van der Waals surface area contributed by atoms with E-state index in [1.165, 1.54) is 0 Å². The van der Waals surface area contributed by atoms with Gasteiger partial charge in [-0.3, -0.25) is 0 Å². The van der Waals surface area contributed by atoms with Gasteiger partial charge in [-0.25, -0.2) is 0 Å². The van der Waals surface area contributed by atoms with Crippen molar-refractivity contribution in [3.63, 3.8) is 0 Å². The third-order valence-electron chi connectivity index (χ3n) is 3.73. The zero-order chi connectivity index (χ0) is 14.3. The van der Waals surface area contributed by atoms with Crippen molar-refractivity contribution in [2.45, 2.75) is 25.7 Å². The molecule has 0 amide bonds. The molecule has 4 aliphatic rings. The fourth-order valence-electron chi connectivity index (χ4n) is 2.62. The molecule has 0 saturated carbocycles. The molecule has 20 heavy (non-hydrogen) atoms. The highest BCUT2D eigenvalue weighted by atomic mass is 35.5. The summed E-state index contributed by atoms with van der Waals surface area (Å²) in [5, 5.41) is 3.00. The Morgan fingerprint density at radius 1 is 0.500 bits per heavy atom. The summed E-state index contributed by atoms with van der Waals surface area (Å²) in [6.07, 6.45) is 3.20. The van der Waals surface area contributed by atoms with E-state index in [4.69, 9.17) is 46.4 Å². The normalized spacial score (nSPS) is 14.2. The molecular weight excluding hydrogens is 334 g/mol. The molecule has 0 nitrogen and oxygen atoms in total. The van der Waals surface area contributed by atoms with Crippen LogP contribution in [0.5, 0.6) is 0 Å². The highest BCUT2D eigenvalue weighted by molar-refractivity contribution is 6.36. The molecule has 0 saturated heterocycles. The Kier molecular flexibility index (Phi) is 4.19. The van der Waals surface area contributed by atoms with Crippen LogP contribution < -0.4 is 0 Å². The second kappa shape index (κ2) is 5.77. The summed E-state index contributed by atoms with van der Waals surface area (Å²) in [6.45, 7) is 0. The molecular formula is C16H12Cl4. The van der Waals surface area contributed by atoms with E-state index in [1.807, 2.05) is 24.3 Å². The summed E-state index contributed by atoms with van der Waals surface area (Å²) in [7, 11) is 0. The van der Waals surface area contributed by atoms with Crippen LogP contribution in [0.3, 0.4) is 0 Å². The average Bonchev–Trinajstić information content (AvgIpc) is 2.35. The molecule has 0 heterocycles. The summed E-state index contributed by atoms with van der Waals surface area (Å²) >= 11 is 25.4. The first-order chi connectivity index (χ1) is 9.54. The summed E-state index contributed by atoms with van der Waals surface area (Å²) in [6, 6.07) is 7.99. The van der Waals surface area contributed by atoms with E-state index in [2.05, 4.69) is 0 Å².